The Bertz CT molecular complexity index is 592. The number of hydrogen-bond acceptors (Lipinski definition) is 5. The van der Waals surface area contributed by atoms with Crippen LogP contribution < -0.4 is 4.90 Å². The van der Waals surface area contributed by atoms with Gasteiger partial charge in [-0.2, -0.15) is 0 Å². The SMILES string of the molecule is c1nc(N2CCC(N3CCOCC3)C2)c2cc[nH]c2n1. The van der Waals surface area contributed by atoms with Gasteiger partial charge in [0.2, 0.25) is 0 Å². The molecule has 2 aliphatic heterocycles. The molecule has 1 atom stereocenters. The Kier molecular flexibility index (Phi) is 3.05. The predicted octanol–water partition coefficient (Wildman–Crippen LogP) is 0.869. The molecule has 0 bridgehead atoms. The summed E-state index contributed by atoms with van der Waals surface area (Å²) in [6.45, 7) is 5.97. The summed E-state index contributed by atoms with van der Waals surface area (Å²) in [4.78, 5) is 16.8. The van der Waals surface area contributed by atoms with Crippen molar-refractivity contribution in [2.45, 2.75) is 12.5 Å². The zero-order valence-electron chi connectivity index (χ0n) is 11.5. The summed E-state index contributed by atoms with van der Waals surface area (Å²) < 4.78 is 5.44. The molecule has 2 fully saturated rings. The first-order chi connectivity index (χ1) is 9.92. The Hall–Kier alpha value is -1.66. The maximum Gasteiger partial charge on any atom is 0.142 e. The molecule has 0 aliphatic carbocycles. The molecule has 106 valence electrons. The summed E-state index contributed by atoms with van der Waals surface area (Å²) in [5, 5.41) is 1.12. The minimum Gasteiger partial charge on any atom is -0.379 e. The number of nitrogens with zero attached hydrogens (tertiary/aromatic N) is 4. The van der Waals surface area contributed by atoms with Crippen molar-refractivity contribution in [3.8, 4) is 0 Å². The van der Waals surface area contributed by atoms with Crippen LogP contribution in [0, 0.1) is 0 Å². The van der Waals surface area contributed by atoms with Crippen LogP contribution in [0.1, 0.15) is 6.42 Å². The fourth-order valence-electron chi connectivity index (χ4n) is 3.29. The lowest BCUT2D eigenvalue weighted by molar-refractivity contribution is 0.0209. The highest BCUT2D eigenvalue weighted by Crippen LogP contribution is 2.27. The monoisotopic (exact) mass is 273 g/mol. The number of anilines is 1. The maximum absolute atomic E-state index is 5.44. The fourth-order valence-corrected chi connectivity index (χ4v) is 3.29. The first-order valence-corrected chi connectivity index (χ1v) is 7.26. The molecule has 0 saturated carbocycles. The lowest BCUT2D eigenvalue weighted by Crippen LogP contribution is -2.44. The highest BCUT2D eigenvalue weighted by molar-refractivity contribution is 5.87. The third-order valence-electron chi connectivity index (χ3n) is 4.36. The van der Waals surface area contributed by atoms with E-state index in [4.69, 9.17) is 4.74 Å². The van der Waals surface area contributed by atoms with Crippen LogP contribution in [0.5, 0.6) is 0 Å². The molecule has 0 radical (unpaired) electrons. The number of rotatable bonds is 2. The number of H-pyrrole nitrogens is 1. The minimum atomic E-state index is 0.628. The third kappa shape index (κ3) is 2.05. The summed E-state index contributed by atoms with van der Waals surface area (Å²) in [5.74, 6) is 1.06. The van der Waals surface area contributed by atoms with E-state index < -0.39 is 0 Å². The number of aromatic amines is 1. The van der Waals surface area contributed by atoms with Crippen molar-refractivity contribution in [1.29, 1.82) is 0 Å². The molecule has 1 unspecified atom stereocenters. The standard InChI is InChI=1S/C14H19N5O/c1-3-15-13-12(1)14(17-10-16-13)19-4-2-11(9-19)18-5-7-20-8-6-18/h1,3,10-11H,2,4-9H2,(H,15,16,17). The van der Waals surface area contributed by atoms with Crippen LogP contribution in [-0.4, -0.2) is 65.3 Å². The number of ether oxygens (including phenoxy) is 1. The zero-order chi connectivity index (χ0) is 13.4. The van der Waals surface area contributed by atoms with Gasteiger partial charge in [-0.1, -0.05) is 0 Å². The molecule has 1 N–H and O–H groups in total. The first kappa shape index (κ1) is 12.1. The molecule has 20 heavy (non-hydrogen) atoms. The van der Waals surface area contributed by atoms with Crippen LogP contribution in [0.2, 0.25) is 0 Å². The lowest BCUT2D eigenvalue weighted by Gasteiger charge is -2.32. The molecule has 0 amide bonds. The number of aromatic nitrogens is 3. The molecule has 0 spiro atoms. The van der Waals surface area contributed by atoms with Gasteiger partial charge in [-0.3, -0.25) is 4.90 Å². The smallest absolute Gasteiger partial charge is 0.142 e. The largest absolute Gasteiger partial charge is 0.379 e. The molecule has 0 aromatic carbocycles. The summed E-state index contributed by atoms with van der Waals surface area (Å²) in [6.07, 6.45) is 4.78. The van der Waals surface area contributed by atoms with Crippen molar-refractivity contribution in [3.63, 3.8) is 0 Å². The molecular formula is C14H19N5O. The van der Waals surface area contributed by atoms with Crippen LogP contribution in [0.4, 0.5) is 5.82 Å². The van der Waals surface area contributed by atoms with Gasteiger partial charge >= 0.3 is 0 Å². The van der Waals surface area contributed by atoms with Crippen molar-refractivity contribution < 1.29 is 4.74 Å². The van der Waals surface area contributed by atoms with Gasteiger partial charge in [-0.05, 0) is 12.5 Å². The van der Waals surface area contributed by atoms with E-state index in [1.807, 2.05) is 6.20 Å². The van der Waals surface area contributed by atoms with Gasteiger partial charge in [0.15, 0.2) is 0 Å². The van der Waals surface area contributed by atoms with Crippen LogP contribution >= 0.6 is 0 Å². The topological polar surface area (TPSA) is 57.3 Å². The molecule has 6 heteroatoms. The van der Waals surface area contributed by atoms with Gasteiger partial charge in [-0.15, -0.1) is 0 Å². The van der Waals surface area contributed by atoms with Crippen LogP contribution in [0.15, 0.2) is 18.6 Å². The summed E-state index contributed by atoms with van der Waals surface area (Å²) in [6, 6.07) is 2.69. The van der Waals surface area contributed by atoms with E-state index in [1.54, 1.807) is 6.33 Å². The molecule has 4 rings (SSSR count). The number of nitrogens with one attached hydrogen (secondary N) is 1. The Balaban J connectivity index is 1.54. The molecule has 4 heterocycles. The molecule has 2 aromatic rings. The summed E-state index contributed by atoms with van der Waals surface area (Å²) in [7, 11) is 0. The van der Waals surface area contributed by atoms with Crippen molar-refractivity contribution in [3.05, 3.63) is 18.6 Å². The van der Waals surface area contributed by atoms with E-state index in [1.165, 1.54) is 6.42 Å². The highest BCUT2D eigenvalue weighted by Gasteiger charge is 2.30. The van der Waals surface area contributed by atoms with Gasteiger partial charge < -0.3 is 14.6 Å². The fraction of sp³-hybridized carbons (Fsp3) is 0.571. The number of hydrogen-bond donors (Lipinski definition) is 1. The third-order valence-corrected chi connectivity index (χ3v) is 4.36. The molecular weight excluding hydrogens is 254 g/mol. The number of morpholine rings is 1. The Morgan fingerprint density at radius 3 is 3.00 bits per heavy atom. The van der Waals surface area contributed by atoms with E-state index >= 15 is 0 Å². The Morgan fingerprint density at radius 1 is 1.20 bits per heavy atom. The number of fused-ring (bicyclic) bond motifs is 1. The van der Waals surface area contributed by atoms with Gasteiger partial charge in [0, 0.05) is 38.4 Å². The molecule has 2 saturated heterocycles. The van der Waals surface area contributed by atoms with Crippen LogP contribution in [-0.2, 0) is 4.74 Å². The Labute approximate surface area is 117 Å². The van der Waals surface area contributed by atoms with Gasteiger partial charge in [-0.25, -0.2) is 9.97 Å². The zero-order valence-corrected chi connectivity index (χ0v) is 11.5. The lowest BCUT2D eigenvalue weighted by atomic mass is 10.2. The molecule has 2 aromatic heterocycles. The van der Waals surface area contributed by atoms with Crippen molar-refractivity contribution in [2.75, 3.05) is 44.3 Å². The van der Waals surface area contributed by atoms with Gasteiger partial charge in [0.1, 0.15) is 17.8 Å². The van der Waals surface area contributed by atoms with E-state index in [9.17, 15) is 0 Å². The Morgan fingerprint density at radius 2 is 2.10 bits per heavy atom. The normalized spacial score (nSPS) is 24.6. The second-order valence-corrected chi connectivity index (χ2v) is 5.47. The van der Waals surface area contributed by atoms with E-state index in [2.05, 4.69) is 30.8 Å². The van der Waals surface area contributed by atoms with E-state index in [-0.39, 0.29) is 0 Å². The van der Waals surface area contributed by atoms with Crippen molar-refractivity contribution >= 4 is 16.9 Å². The second-order valence-electron chi connectivity index (χ2n) is 5.47. The van der Waals surface area contributed by atoms with E-state index in [0.717, 1.165) is 56.2 Å². The molecule has 6 nitrogen and oxygen atoms in total. The first-order valence-electron chi connectivity index (χ1n) is 7.26. The van der Waals surface area contributed by atoms with Crippen molar-refractivity contribution in [2.24, 2.45) is 0 Å². The average Bonchev–Trinajstić information content (AvgIpc) is 3.17. The van der Waals surface area contributed by atoms with Crippen molar-refractivity contribution in [1.82, 2.24) is 19.9 Å². The molecule has 2 aliphatic rings. The highest BCUT2D eigenvalue weighted by atomic mass is 16.5. The predicted molar refractivity (Wildman–Crippen MR) is 76.9 cm³/mol. The van der Waals surface area contributed by atoms with Crippen LogP contribution in [0.3, 0.4) is 0 Å². The second kappa shape index (κ2) is 5.03. The average molecular weight is 273 g/mol. The van der Waals surface area contributed by atoms with Gasteiger partial charge in [0.05, 0.1) is 18.6 Å². The quantitative estimate of drug-likeness (QED) is 0.880. The van der Waals surface area contributed by atoms with E-state index in [0.29, 0.717) is 6.04 Å². The van der Waals surface area contributed by atoms with Crippen LogP contribution in [0.25, 0.3) is 11.0 Å². The maximum atomic E-state index is 5.44. The summed E-state index contributed by atoms with van der Waals surface area (Å²) >= 11 is 0. The van der Waals surface area contributed by atoms with Gasteiger partial charge in [0.25, 0.3) is 0 Å². The minimum absolute atomic E-state index is 0.628. The summed E-state index contributed by atoms with van der Waals surface area (Å²) in [5.41, 5.74) is 0.921.